The Labute approximate surface area is 140 Å². The average Bonchev–Trinajstić information content (AvgIpc) is 2.59. The first kappa shape index (κ1) is 17.5. The molecule has 0 saturated carbocycles. The molecule has 2 aromatic carbocycles. The molecule has 126 valence electrons. The van der Waals surface area contributed by atoms with Gasteiger partial charge in [0.2, 0.25) is 0 Å². The van der Waals surface area contributed by atoms with Crippen molar-refractivity contribution in [3.63, 3.8) is 0 Å². The number of nitrogens with one attached hydrogen (secondary N) is 2. The van der Waals surface area contributed by atoms with E-state index in [0.717, 1.165) is 10.8 Å². The lowest BCUT2D eigenvalue weighted by molar-refractivity contribution is -0.153. The molecule has 1 atom stereocenters. The number of amides is 2. The zero-order valence-electron chi connectivity index (χ0n) is 13.7. The van der Waals surface area contributed by atoms with E-state index in [1.165, 1.54) is 6.92 Å². The van der Waals surface area contributed by atoms with Crippen molar-refractivity contribution in [2.75, 3.05) is 13.1 Å². The molecular weight excluding hydrogens is 308 g/mol. The number of carbonyl (C=O) groups is 3. The van der Waals surface area contributed by atoms with Gasteiger partial charge < -0.3 is 15.4 Å². The summed E-state index contributed by atoms with van der Waals surface area (Å²) in [7, 11) is 0. The predicted octanol–water partition coefficient (Wildman–Crippen LogP) is 1.64. The summed E-state index contributed by atoms with van der Waals surface area (Å²) in [6.45, 7) is 3.42. The van der Waals surface area contributed by atoms with Gasteiger partial charge in [-0.2, -0.15) is 0 Å². The van der Waals surface area contributed by atoms with Crippen LogP contribution in [0.1, 0.15) is 24.2 Å². The fourth-order valence-electron chi connectivity index (χ4n) is 2.20. The molecule has 0 aliphatic carbocycles. The van der Waals surface area contributed by atoms with Crippen molar-refractivity contribution in [2.45, 2.75) is 20.0 Å². The molecular formula is C18H20N2O4. The van der Waals surface area contributed by atoms with Gasteiger partial charge in [-0.15, -0.1) is 0 Å². The number of rotatable bonds is 6. The summed E-state index contributed by atoms with van der Waals surface area (Å²) in [5.74, 6) is -1.40. The smallest absolute Gasteiger partial charge is 0.326 e. The number of likely N-dealkylation sites (N-methyl/N-ethyl adjacent to an activating group) is 1. The molecule has 6 nitrogen and oxygen atoms in total. The molecule has 0 aliphatic rings. The zero-order valence-corrected chi connectivity index (χ0v) is 13.7. The third-order valence-electron chi connectivity index (χ3n) is 3.43. The second-order valence-electron chi connectivity index (χ2n) is 5.27. The van der Waals surface area contributed by atoms with Gasteiger partial charge in [0.1, 0.15) is 6.54 Å². The van der Waals surface area contributed by atoms with Gasteiger partial charge in [-0.3, -0.25) is 14.4 Å². The number of carbonyl (C=O) groups excluding carboxylic acids is 3. The fourth-order valence-corrected chi connectivity index (χ4v) is 2.20. The van der Waals surface area contributed by atoms with Crippen molar-refractivity contribution >= 4 is 28.6 Å². The average molecular weight is 328 g/mol. The SMILES string of the molecule is CCNC(=O)[C@H](C)OC(=O)CNC(=O)c1ccc2ccccc2c1. The van der Waals surface area contributed by atoms with E-state index in [2.05, 4.69) is 10.6 Å². The van der Waals surface area contributed by atoms with Gasteiger partial charge in [0.25, 0.3) is 11.8 Å². The summed E-state index contributed by atoms with van der Waals surface area (Å²) in [5.41, 5.74) is 0.457. The monoisotopic (exact) mass is 328 g/mol. The molecule has 24 heavy (non-hydrogen) atoms. The van der Waals surface area contributed by atoms with Crippen LogP contribution < -0.4 is 10.6 Å². The molecule has 0 radical (unpaired) electrons. The topological polar surface area (TPSA) is 84.5 Å². The van der Waals surface area contributed by atoms with Gasteiger partial charge in [-0.25, -0.2) is 0 Å². The summed E-state index contributed by atoms with van der Waals surface area (Å²) in [6.07, 6.45) is -0.893. The van der Waals surface area contributed by atoms with Gasteiger partial charge >= 0.3 is 5.97 Å². The number of fused-ring (bicyclic) bond motifs is 1. The highest BCUT2D eigenvalue weighted by molar-refractivity contribution is 5.99. The van der Waals surface area contributed by atoms with E-state index in [1.54, 1.807) is 19.1 Å². The van der Waals surface area contributed by atoms with Crippen LogP contribution in [0.4, 0.5) is 0 Å². The molecule has 2 rings (SSSR count). The van der Waals surface area contributed by atoms with Crippen molar-refractivity contribution in [1.82, 2.24) is 10.6 Å². The van der Waals surface area contributed by atoms with Gasteiger partial charge in [-0.1, -0.05) is 30.3 Å². The standard InChI is InChI=1S/C18H20N2O4/c1-3-19-17(22)12(2)24-16(21)11-20-18(23)15-9-8-13-6-4-5-7-14(13)10-15/h4-10,12H,3,11H2,1-2H3,(H,19,22)(H,20,23)/t12-/m0/s1. The van der Waals surface area contributed by atoms with Crippen LogP contribution >= 0.6 is 0 Å². The maximum atomic E-state index is 12.1. The maximum Gasteiger partial charge on any atom is 0.326 e. The largest absolute Gasteiger partial charge is 0.451 e. The van der Waals surface area contributed by atoms with Gasteiger partial charge in [0, 0.05) is 12.1 Å². The first-order chi connectivity index (χ1) is 11.5. The lowest BCUT2D eigenvalue weighted by Crippen LogP contribution is -2.38. The van der Waals surface area contributed by atoms with Crippen LogP contribution in [0.15, 0.2) is 42.5 Å². The summed E-state index contributed by atoms with van der Waals surface area (Å²) in [4.78, 5) is 35.3. The molecule has 2 N–H and O–H groups in total. The highest BCUT2D eigenvalue weighted by atomic mass is 16.5. The number of benzene rings is 2. The first-order valence-corrected chi connectivity index (χ1v) is 7.75. The lowest BCUT2D eigenvalue weighted by Gasteiger charge is -2.13. The Morgan fingerprint density at radius 3 is 2.46 bits per heavy atom. The molecule has 0 aromatic heterocycles. The summed E-state index contributed by atoms with van der Waals surface area (Å²) < 4.78 is 4.96. The van der Waals surface area contributed by atoms with Crippen LogP contribution in [0.2, 0.25) is 0 Å². The second-order valence-corrected chi connectivity index (χ2v) is 5.27. The van der Waals surface area contributed by atoms with E-state index in [-0.39, 0.29) is 18.4 Å². The third-order valence-corrected chi connectivity index (χ3v) is 3.43. The van der Waals surface area contributed by atoms with Gasteiger partial charge in [0.05, 0.1) is 0 Å². The lowest BCUT2D eigenvalue weighted by atomic mass is 10.1. The molecule has 0 unspecified atom stereocenters. The summed E-state index contributed by atoms with van der Waals surface area (Å²) in [5, 5.41) is 7.02. The first-order valence-electron chi connectivity index (χ1n) is 7.75. The van der Waals surface area contributed by atoms with Crippen LogP contribution in [0, 0.1) is 0 Å². The molecule has 6 heteroatoms. The van der Waals surface area contributed by atoms with Crippen LogP contribution in [0.5, 0.6) is 0 Å². The molecule has 2 amide bonds. The Kier molecular flexibility index (Phi) is 5.89. The minimum Gasteiger partial charge on any atom is -0.451 e. The molecule has 0 bridgehead atoms. The van der Waals surface area contributed by atoms with Crippen molar-refractivity contribution in [1.29, 1.82) is 0 Å². The fraction of sp³-hybridized carbons (Fsp3) is 0.278. The van der Waals surface area contributed by atoms with Crippen LogP contribution in [-0.4, -0.2) is 37.0 Å². The van der Waals surface area contributed by atoms with Crippen LogP contribution in [0.25, 0.3) is 10.8 Å². The Balaban J connectivity index is 1.89. The molecule has 0 spiro atoms. The van der Waals surface area contributed by atoms with E-state index in [0.29, 0.717) is 12.1 Å². The van der Waals surface area contributed by atoms with E-state index in [4.69, 9.17) is 4.74 Å². The van der Waals surface area contributed by atoms with Crippen molar-refractivity contribution in [2.24, 2.45) is 0 Å². The van der Waals surface area contributed by atoms with Crippen molar-refractivity contribution in [3.8, 4) is 0 Å². The maximum absolute atomic E-state index is 12.1. The minimum absolute atomic E-state index is 0.296. The van der Waals surface area contributed by atoms with Gasteiger partial charge in [-0.05, 0) is 36.8 Å². The number of esters is 1. The molecule has 0 aliphatic heterocycles. The van der Waals surface area contributed by atoms with E-state index < -0.39 is 12.1 Å². The molecule has 0 fully saturated rings. The normalized spacial score (nSPS) is 11.6. The number of ether oxygens (including phenoxy) is 1. The highest BCUT2D eigenvalue weighted by Crippen LogP contribution is 2.15. The van der Waals surface area contributed by atoms with E-state index in [9.17, 15) is 14.4 Å². The second kappa shape index (κ2) is 8.10. The Morgan fingerprint density at radius 1 is 1.04 bits per heavy atom. The predicted molar refractivity (Wildman–Crippen MR) is 90.5 cm³/mol. The number of hydrogen-bond acceptors (Lipinski definition) is 4. The van der Waals surface area contributed by atoms with Gasteiger partial charge in [0.15, 0.2) is 6.10 Å². The Bertz CT molecular complexity index is 758. The Morgan fingerprint density at radius 2 is 1.75 bits per heavy atom. The zero-order chi connectivity index (χ0) is 17.5. The Hall–Kier alpha value is -2.89. The molecule has 2 aromatic rings. The minimum atomic E-state index is -0.893. The third kappa shape index (κ3) is 4.55. The summed E-state index contributed by atoms with van der Waals surface area (Å²) in [6, 6.07) is 13.0. The summed E-state index contributed by atoms with van der Waals surface area (Å²) >= 11 is 0. The van der Waals surface area contributed by atoms with Crippen molar-refractivity contribution in [3.05, 3.63) is 48.0 Å². The molecule has 0 heterocycles. The highest BCUT2D eigenvalue weighted by Gasteiger charge is 2.17. The van der Waals surface area contributed by atoms with Crippen molar-refractivity contribution < 1.29 is 19.1 Å². The quantitative estimate of drug-likeness (QED) is 0.790. The van der Waals surface area contributed by atoms with Crippen LogP contribution in [0.3, 0.4) is 0 Å². The van der Waals surface area contributed by atoms with Crippen LogP contribution in [-0.2, 0) is 14.3 Å². The molecule has 0 saturated heterocycles. The van der Waals surface area contributed by atoms with E-state index in [1.807, 2.05) is 30.3 Å². The number of hydrogen-bond donors (Lipinski definition) is 2. The van der Waals surface area contributed by atoms with E-state index >= 15 is 0 Å².